The summed E-state index contributed by atoms with van der Waals surface area (Å²) in [5.74, 6) is 0.671. The van der Waals surface area contributed by atoms with E-state index in [1.54, 1.807) is 30.2 Å². The van der Waals surface area contributed by atoms with Crippen molar-refractivity contribution in [3.63, 3.8) is 0 Å². The number of aryl methyl sites for hydroxylation is 1. The molecule has 4 aromatic rings. The Bertz CT molecular complexity index is 1450. The summed E-state index contributed by atoms with van der Waals surface area (Å²) in [5, 5.41) is 8.72. The van der Waals surface area contributed by atoms with Gasteiger partial charge in [-0.05, 0) is 37.1 Å². The first-order valence-corrected chi connectivity index (χ1v) is 11.6. The molecule has 178 valence electrons. The van der Waals surface area contributed by atoms with Crippen LogP contribution in [0.5, 0.6) is 11.5 Å². The van der Waals surface area contributed by atoms with Gasteiger partial charge in [-0.15, -0.1) is 11.3 Å². The number of ether oxygens (including phenoxy) is 1. The highest BCUT2D eigenvalue weighted by Gasteiger charge is 2.17. The molecule has 0 radical (unpaired) electrons. The predicted molar refractivity (Wildman–Crippen MR) is 130 cm³/mol. The SMILES string of the molecule is Cc1cc(NC(=O)Nc2ccc(Oc3ccnc4cc(C5=CCN(C=O)CC5)sc34)c(F)c2)no1. The maximum Gasteiger partial charge on any atom is 0.324 e. The Kier molecular flexibility index (Phi) is 6.15. The van der Waals surface area contributed by atoms with Crippen LogP contribution >= 0.6 is 11.3 Å². The van der Waals surface area contributed by atoms with E-state index in [1.165, 1.54) is 29.5 Å². The Labute approximate surface area is 203 Å². The van der Waals surface area contributed by atoms with Crippen LogP contribution in [0.15, 0.2) is 53.2 Å². The van der Waals surface area contributed by atoms with E-state index in [2.05, 4.69) is 20.8 Å². The zero-order valence-electron chi connectivity index (χ0n) is 18.6. The van der Waals surface area contributed by atoms with Crippen molar-refractivity contribution < 1.29 is 23.2 Å². The lowest BCUT2D eigenvalue weighted by atomic mass is 10.1. The lowest BCUT2D eigenvalue weighted by molar-refractivity contribution is -0.117. The smallest absolute Gasteiger partial charge is 0.324 e. The molecule has 0 fully saturated rings. The fraction of sp³-hybridized carbons (Fsp3) is 0.167. The summed E-state index contributed by atoms with van der Waals surface area (Å²) in [6.45, 7) is 2.95. The molecule has 0 aliphatic carbocycles. The minimum absolute atomic E-state index is 0.0176. The third kappa shape index (κ3) is 4.99. The van der Waals surface area contributed by atoms with Gasteiger partial charge in [-0.2, -0.15) is 0 Å². The number of aromatic nitrogens is 2. The molecule has 11 heteroatoms. The summed E-state index contributed by atoms with van der Waals surface area (Å²) in [7, 11) is 0. The monoisotopic (exact) mass is 493 g/mol. The number of halogens is 1. The molecular weight excluding hydrogens is 473 g/mol. The van der Waals surface area contributed by atoms with Gasteiger partial charge < -0.3 is 19.5 Å². The molecule has 0 saturated heterocycles. The van der Waals surface area contributed by atoms with Crippen molar-refractivity contribution in [2.45, 2.75) is 13.3 Å². The fourth-order valence-electron chi connectivity index (χ4n) is 3.64. The van der Waals surface area contributed by atoms with Crippen molar-refractivity contribution in [1.82, 2.24) is 15.0 Å². The number of anilines is 2. The second-order valence-corrected chi connectivity index (χ2v) is 8.92. The van der Waals surface area contributed by atoms with Crippen LogP contribution in [0.2, 0.25) is 0 Å². The number of pyridine rings is 1. The number of carbonyl (C=O) groups is 2. The van der Waals surface area contributed by atoms with Gasteiger partial charge in [0.05, 0.1) is 10.2 Å². The Hall–Kier alpha value is -4.25. The number of nitrogens with zero attached hydrogens (tertiary/aromatic N) is 3. The van der Waals surface area contributed by atoms with Crippen molar-refractivity contribution in [2.24, 2.45) is 0 Å². The van der Waals surface area contributed by atoms with Crippen LogP contribution in [0.25, 0.3) is 15.8 Å². The maximum absolute atomic E-state index is 14.8. The first-order chi connectivity index (χ1) is 17.0. The standard InChI is InChI=1S/C24H20FN5O4S/c1-14-10-22(29-34-14)28-24(32)27-16-2-3-19(17(25)11-16)33-20-4-7-26-18-12-21(35-23(18)20)15-5-8-30(13-31)9-6-15/h2-5,7,10-13H,6,8-9H2,1H3,(H2,27,28,29,32). The highest BCUT2D eigenvalue weighted by atomic mass is 32.1. The molecule has 1 aromatic carbocycles. The van der Waals surface area contributed by atoms with Crippen molar-refractivity contribution in [1.29, 1.82) is 0 Å². The van der Waals surface area contributed by atoms with Gasteiger partial charge in [-0.3, -0.25) is 15.1 Å². The number of hydrogen-bond donors (Lipinski definition) is 2. The van der Waals surface area contributed by atoms with Gasteiger partial charge in [-0.1, -0.05) is 11.2 Å². The molecule has 0 bridgehead atoms. The van der Waals surface area contributed by atoms with Crippen LogP contribution in [0.1, 0.15) is 17.1 Å². The largest absolute Gasteiger partial charge is 0.453 e. The Morgan fingerprint density at radius 1 is 1.23 bits per heavy atom. The minimum Gasteiger partial charge on any atom is -0.453 e. The highest BCUT2D eigenvalue weighted by Crippen LogP contribution is 2.39. The van der Waals surface area contributed by atoms with Crippen LogP contribution < -0.4 is 15.4 Å². The lowest BCUT2D eigenvalue weighted by Gasteiger charge is -2.21. The number of hydrogen-bond acceptors (Lipinski definition) is 7. The summed E-state index contributed by atoms with van der Waals surface area (Å²) in [4.78, 5) is 30.2. The van der Waals surface area contributed by atoms with Crippen LogP contribution in [0.3, 0.4) is 0 Å². The van der Waals surface area contributed by atoms with E-state index >= 15 is 0 Å². The molecule has 35 heavy (non-hydrogen) atoms. The van der Waals surface area contributed by atoms with Crippen LogP contribution in [-0.4, -0.2) is 40.6 Å². The van der Waals surface area contributed by atoms with E-state index in [-0.39, 0.29) is 17.3 Å². The maximum atomic E-state index is 14.8. The van der Waals surface area contributed by atoms with Gasteiger partial charge in [0.25, 0.3) is 0 Å². The number of urea groups is 1. The molecule has 0 spiro atoms. The molecule has 9 nitrogen and oxygen atoms in total. The molecule has 5 rings (SSSR count). The fourth-order valence-corrected chi connectivity index (χ4v) is 4.78. The van der Waals surface area contributed by atoms with Crippen molar-refractivity contribution in [3.8, 4) is 11.5 Å². The Balaban J connectivity index is 1.31. The summed E-state index contributed by atoms with van der Waals surface area (Å²) in [6.07, 6.45) is 5.26. The van der Waals surface area contributed by atoms with Gasteiger partial charge >= 0.3 is 6.03 Å². The van der Waals surface area contributed by atoms with E-state index < -0.39 is 11.8 Å². The molecule has 0 saturated carbocycles. The Morgan fingerprint density at radius 2 is 2.11 bits per heavy atom. The normalized spacial score (nSPS) is 13.4. The second kappa shape index (κ2) is 9.55. The van der Waals surface area contributed by atoms with E-state index in [1.807, 2.05) is 12.1 Å². The zero-order chi connectivity index (χ0) is 24.4. The Morgan fingerprint density at radius 3 is 2.83 bits per heavy atom. The average molecular weight is 494 g/mol. The number of benzene rings is 1. The number of nitrogens with one attached hydrogen (secondary N) is 2. The van der Waals surface area contributed by atoms with Gasteiger partial charge in [0, 0.05) is 48.0 Å². The van der Waals surface area contributed by atoms with Gasteiger partial charge in [-0.25, -0.2) is 9.18 Å². The molecule has 0 unspecified atom stereocenters. The van der Waals surface area contributed by atoms with Gasteiger partial charge in [0.1, 0.15) is 11.5 Å². The predicted octanol–water partition coefficient (Wildman–Crippen LogP) is 5.41. The van der Waals surface area contributed by atoms with Gasteiger partial charge in [0.2, 0.25) is 6.41 Å². The second-order valence-electron chi connectivity index (χ2n) is 7.86. The summed E-state index contributed by atoms with van der Waals surface area (Å²) < 4.78 is 26.4. The first-order valence-electron chi connectivity index (χ1n) is 10.7. The summed E-state index contributed by atoms with van der Waals surface area (Å²) in [6, 6.07) is 8.81. The number of rotatable bonds is 6. The molecule has 4 heterocycles. The van der Waals surface area contributed by atoms with Crippen molar-refractivity contribution >= 4 is 51.1 Å². The average Bonchev–Trinajstić information content (AvgIpc) is 3.47. The van der Waals surface area contributed by atoms with E-state index in [4.69, 9.17) is 9.26 Å². The van der Waals surface area contributed by atoms with E-state index in [0.717, 1.165) is 33.5 Å². The number of carbonyl (C=O) groups excluding carboxylic acids is 2. The number of fused-ring (bicyclic) bond motifs is 1. The number of amides is 3. The van der Waals surface area contributed by atoms with Crippen molar-refractivity contribution in [2.75, 3.05) is 23.7 Å². The molecular formula is C24H20FN5O4S. The van der Waals surface area contributed by atoms with Crippen molar-refractivity contribution in [3.05, 3.63) is 65.1 Å². The van der Waals surface area contributed by atoms with Crippen LogP contribution in [-0.2, 0) is 4.79 Å². The highest BCUT2D eigenvalue weighted by molar-refractivity contribution is 7.20. The summed E-state index contributed by atoms with van der Waals surface area (Å²) >= 11 is 1.51. The molecule has 2 N–H and O–H groups in total. The number of thiophene rings is 1. The molecule has 3 amide bonds. The third-order valence-electron chi connectivity index (χ3n) is 5.36. The minimum atomic E-state index is -0.634. The molecule has 0 atom stereocenters. The summed E-state index contributed by atoms with van der Waals surface area (Å²) in [5.41, 5.74) is 2.15. The van der Waals surface area contributed by atoms with E-state index in [9.17, 15) is 14.0 Å². The van der Waals surface area contributed by atoms with Crippen LogP contribution in [0, 0.1) is 12.7 Å². The lowest BCUT2D eigenvalue weighted by Crippen LogP contribution is -2.26. The topological polar surface area (TPSA) is 110 Å². The van der Waals surface area contributed by atoms with E-state index in [0.29, 0.717) is 24.6 Å². The molecule has 1 aliphatic heterocycles. The quantitative estimate of drug-likeness (QED) is 0.348. The molecule has 3 aromatic heterocycles. The zero-order valence-corrected chi connectivity index (χ0v) is 19.4. The molecule has 1 aliphatic rings. The van der Waals surface area contributed by atoms with Gasteiger partial charge in [0.15, 0.2) is 17.4 Å². The first kappa shape index (κ1) is 22.5. The third-order valence-corrected chi connectivity index (χ3v) is 6.58. The van der Waals surface area contributed by atoms with Crippen LogP contribution in [0.4, 0.5) is 20.7 Å².